The summed E-state index contributed by atoms with van der Waals surface area (Å²) in [4.78, 5) is 28.8. The molecule has 0 saturated carbocycles. The molecular weight excluding hydrogens is 263 g/mol. The molecule has 2 aromatic rings. The number of aryl methyl sites for hydroxylation is 1. The first-order valence-electron chi connectivity index (χ1n) is 5.23. The lowest BCUT2D eigenvalue weighted by molar-refractivity contribution is 0.501. The van der Waals surface area contributed by atoms with E-state index in [9.17, 15) is 14.0 Å². The molecule has 96 valence electrons. The van der Waals surface area contributed by atoms with Crippen molar-refractivity contribution in [1.82, 2.24) is 19.1 Å². The van der Waals surface area contributed by atoms with Crippen LogP contribution in [0.25, 0.3) is 0 Å². The number of imidazole rings is 1. The van der Waals surface area contributed by atoms with Gasteiger partial charge in [-0.1, -0.05) is 11.6 Å². The van der Waals surface area contributed by atoms with E-state index in [1.165, 1.54) is 0 Å². The van der Waals surface area contributed by atoms with Gasteiger partial charge in [0.15, 0.2) is 5.15 Å². The van der Waals surface area contributed by atoms with Crippen molar-refractivity contribution in [2.45, 2.75) is 19.5 Å². The lowest BCUT2D eigenvalue weighted by atomic mass is 10.4. The normalized spacial score (nSPS) is 10.8. The van der Waals surface area contributed by atoms with E-state index >= 15 is 0 Å². The number of nitrogens with zero attached hydrogens (tertiary/aromatic N) is 3. The Morgan fingerprint density at radius 1 is 1.39 bits per heavy atom. The van der Waals surface area contributed by atoms with Gasteiger partial charge in [-0.05, 0) is 6.42 Å². The highest BCUT2D eigenvalue weighted by atomic mass is 35.5. The second-order valence-corrected chi connectivity index (χ2v) is 4.05. The van der Waals surface area contributed by atoms with Crippen molar-refractivity contribution in [1.29, 1.82) is 0 Å². The third-order valence-electron chi connectivity index (χ3n) is 2.44. The number of aromatic nitrogens is 4. The van der Waals surface area contributed by atoms with Crippen LogP contribution in [0.2, 0.25) is 5.15 Å². The molecule has 0 spiro atoms. The Kier molecular flexibility index (Phi) is 3.61. The van der Waals surface area contributed by atoms with Crippen molar-refractivity contribution in [3.8, 4) is 0 Å². The molecule has 2 rings (SSSR count). The Labute approximate surface area is 106 Å². The van der Waals surface area contributed by atoms with Gasteiger partial charge in [-0.15, -0.1) is 0 Å². The van der Waals surface area contributed by atoms with Crippen LogP contribution in [0.15, 0.2) is 28.3 Å². The fraction of sp³-hybridized carbons (Fsp3) is 0.300. The standard InChI is InChI=1S/C10H10ClFN4O2/c11-8-7(12)9(17)16(10(18)14-8)4-1-3-15-5-2-13-6-15/h2,5-6H,1,3-4H2,(H,14,18). The van der Waals surface area contributed by atoms with Crippen LogP contribution >= 0.6 is 11.6 Å². The zero-order chi connectivity index (χ0) is 13.1. The van der Waals surface area contributed by atoms with Crippen LogP contribution in [0, 0.1) is 5.82 Å². The molecule has 0 unspecified atom stereocenters. The second-order valence-electron chi connectivity index (χ2n) is 3.67. The van der Waals surface area contributed by atoms with E-state index in [2.05, 4.69) is 9.97 Å². The lowest BCUT2D eigenvalue weighted by Crippen LogP contribution is -2.37. The minimum absolute atomic E-state index is 0.112. The number of halogens is 2. The SMILES string of the molecule is O=c1[nH]c(Cl)c(F)c(=O)n1CCCn1ccnc1. The van der Waals surface area contributed by atoms with E-state index in [1.54, 1.807) is 23.3 Å². The van der Waals surface area contributed by atoms with Gasteiger partial charge < -0.3 is 4.57 Å². The van der Waals surface area contributed by atoms with Gasteiger partial charge in [0.2, 0.25) is 5.82 Å². The van der Waals surface area contributed by atoms with Crippen LogP contribution < -0.4 is 11.2 Å². The van der Waals surface area contributed by atoms with Gasteiger partial charge in [0.05, 0.1) is 6.33 Å². The Bertz CT molecular complexity index is 647. The highest BCUT2D eigenvalue weighted by Gasteiger charge is 2.11. The first kappa shape index (κ1) is 12.6. The predicted octanol–water partition coefficient (Wildman–Crippen LogP) is 0.616. The molecule has 0 saturated heterocycles. The smallest absolute Gasteiger partial charge is 0.329 e. The Hall–Kier alpha value is -1.89. The van der Waals surface area contributed by atoms with E-state index in [4.69, 9.17) is 11.6 Å². The maximum absolute atomic E-state index is 13.2. The van der Waals surface area contributed by atoms with E-state index in [1.807, 2.05) is 0 Å². The maximum atomic E-state index is 13.2. The molecule has 0 fully saturated rings. The van der Waals surface area contributed by atoms with Gasteiger partial charge in [0.1, 0.15) is 0 Å². The Morgan fingerprint density at radius 2 is 2.17 bits per heavy atom. The topological polar surface area (TPSA) is 72.7 Å². The zero-order valence-corrected chi connectivity index (χ0v) is 10.0. The molecule has 0 radical (unpaired) electrons. The van der Waals surface area contributed by atoms with Crippen LogP contribution in [0.4, 0.5) is 4.39 Å². The summed E-state index contributed by atoms with van der Waals surface area (Å²) in [5.41, 5.74) is -1.72. The van der Waals surface area contributed by atoms with Gasteiger partial charge in [-0.3, -0.25) is 14.3 Å². The molecule has 1 N–H and O–H groups in total. The number of hydrogen-bond donors (Lipinski definition) is 1. The quantitative estimate of drug-likeness (QED) is 0.829. The Morgan fingerprint density at radius 3 is 2.83 bits per heavy atom. The third kappa shape index (κ3) is 2.51. The minimum Gasteiger partial charge on any atom is -0.337 e. The summed E-state index contributed by atoms with van der Waals surface area (Å²) in [6.45, 7) is 0.691. The largest absolute Gasteiger partial charge is 0.337 e. The molecule has 0 atom stereocenters. The summed E-state index contributed by atoms with van der Waals surface area (Å²) in [7, 11) is 0. The molecule has 0 amide bonds. The van der Waals surface area contributed by atoms with Gasteiger partial charge in [-0.25, -0.2) is 9.78 Å². The average molecular weight is 273 g/mol. The molecule has 0 aliphatic heterocycles. The van der Waals surface area contributed by atoms with Crippen molar-refractivity contribution in [3.63, 3.8) is 0 Å². The molecule has 18 heavy (non-hydrogen) atoms. The fourth-order valence-corrected chi connectivity index (χ4v) is 1.72. The van der Waals surface area contributed by atoms with E-state index in [0.29, 0.717) is 13.0 Å². The molecule has 2 aromatic heterocycles. The minimum atomic E-state index is -1.14. The summed E-state index contributed by atoms with van der Waals surface area (Å²) in [5.74, 6) is -1.14. The number of hydrogen-bond acceptors (Lipinski definition) is 3. The van der Waals surface area contributed by atoms with Crippen LogP contribution in [-0.2, 0) is 13.1 Å². The average Bonchev–Trinajstić information content (AvgIpc) is 2.84. The maximum Gasteiger partial charge on any atom is 0.329 e. The van der Waals surface area contributed by atoms with Crippen molar-refractivity contribution in [2.75, 3.05) is 0 Å². The van der Waals surface area contributed by atoms with Crippen molar-refractivity contribution < 1.29 is 4.39 Å². The molecule has 2 heterocycles. The molecular formula is C10H10ClFN4O2. The predicted molar refractivity (Wildman–Crippen MR) is 63.1 cm³/mol. The molecule has 0 aliphatic rings. The third-order valence-corrected chi connectivity index (χ3v) is 2.71. The molecule has 0 aliphatic carbocycles. The van der Waals surface area contributed by atoms with Crippen molar-refractivity contribution >= 4 is 11.6 Å². The van der Waals surface area contributed by atoms with E-state index < -0.39 is 22.2 Å². The summed E-state index contributed by atoms with van der Waals surface area (Å²) in [5, 5.41) is -0.559. The number of H-pyrrole nitrogens is 1. The van der Waals surface area contributed by atoms with Crippen LogP contribution in [0.3, 0.4) is 0 Å². The monoisotopic (exact) mass is 272 g/mol. The molecule has 0 bridgehead atoms. The van der Waals surface area contributed by atoms with Crippen LogP contribution in [-0.4, -0.2) is 19.1 Å². The van der Waals surface area contributed by atoms with E-state index in [-0.39, 0.29) is 6.54 Å². The summed E-state index contributed by atoms with van der Waals surface area (Å²) >= 11 is 5.35. The lowest BCUT2D eigenvalue weighted by Gasteiger charge is -2.05. The second kappa shape index (κ2) is 5.18. The number of nitrogens with one attached hydrogen (secondary N) is 1. The zero-order valence-electron chi connectivity index (χ0n) is 9.27. The Balaban J connectivity index is 2.13. The molecule has 0 aromatic carbocycles. The highest BCUT2D eigenvalue weighted by Crippen LogP contribution is 2.02. The van der Waals surface area contributed by atoms with Crippen LogP contribution in [0.5, 0.6) is 0 Å². The van der Waals surface area contributed by atoms with Crippen LogP contribution in [0.1, 0.15) is 6.42 Å². The fourth-order valence-electron chi connectivity index (χ4n) is 1.55. The summed E-state index contributed by atoms with van der Waals surface area (Å²) in [6, 6.07) is 0. The first-order chi connectivity index (χ1) is 8.59. The van der Waals surface area contributed by atoms with Gasteiger partial charge in [0.25, 0.3) is 5.56 Å². The van der Waals surface area contributed by atoms with E-state index in [0.717, 1.165) is 4.57 Å². The number of rotatable bonds is 4. The first-order valence-corrected chi connectivity index (χ1v) is 5.61. The summed E-state index contributed by atoms with van der Waals surface area (Å²) < 4.78 is 15.8. The van der Waals surface area contributed by atoms with Gasteiger partial charge in [-0.2, -0.15) is 4.39 Å². The number of aromatic amines is 1. The highest BCUT2D eigenvalue weighted by molar-refractivity contribution is 6.29. The van der Waals surface area contributed by atoms with Gasteiger partial charge >= 0.3 is 5.69 Å². The van der Waals surface area contributed by atoms with Crippen molar-refractivity contribution in [2.24, 2.45) is 0 Å². The van der Waals surface area contributed by atoms with Crippen molar-refractivity contribution in [3.05, 3.63) is 50.5 Å². The molecule has 6 nitrogen and oxygen atoms in total. The van der Waals surface area contributed by atoms with Gasteiger partial charge in [0, 0.05) is 25.5 Å². The molecule has 8 heteroatoms. The summed E-state index contributed by atoms with van der Waals surface area (Å²) in [6.07, 6.45) is 5.51.